The maximum Gasteiger partial charge on any atom is 0.150 e. The predicted octanol–water partition coefficient (Wildman–Crippen LogP) is 4.28. The maximum atomic E-state index is 13.3. The highest BCUT2D eigenvalue weighted by Gasteiger charge is 2.09. The number of ether oxygens (including phenoxy) is 2. The number of benzene rings is 2. The first-order valence-corrected chi connectivity index (χ1v) is 6.37. The van der Waals surface area contributed by atoms with Gasteiger partial charge < -0.3 is 15.2 Å². The molecule has 0 unspecified atom stereocenters. The molecular formula is C14H13BrFNO2. The van der Waals surface area contributed by atoms with Crippen LogP contribution in [0.15, 0.2) is 34.8 Å². The number of nitrogen functional groups attached to an aromatic ring is 1. The lowest BCUT2D eigenvalue weighted by Gasteiger charge is -2.12. The van der Waals surface area contributed by atoms with Crippen molar-refractivity contribution in [2.75, 3.05) is 12.8 Å². The highest BCUT2D eigenvalue weighted by atomic mass is 79.9. The lowest BCUT2D eigenvalue weighted by molar-refractivity contribution is 0.412. The van der Waals surface area contributed by atoms with Crippen molar-refractivity contribution in [3.63, 3.8) is 0 Å². The van der Waals surface area contributed by atoms with Crippen LogP contribution in [0, 0.1) is 12.7 Å². The second-order valence-electron chi connectivity index (χ2n) is 4.04. The quantitative estimate of drug-likeness (QED) is 0.856. The first-order chi connectivity index (χ1) is 9.01. The third-order valence-corrected chi connectivity index (χ3v) is 3.27. The summed E-state index contributed by atoms with van der Waals surface area (Å²) in [7, 11) is 1.59. The van der Waals surface area contributed by atoms with Crippen molar-refractivity contribution in [1.29, 1.82) is 0 Å². The summed E-state index contributed by atoms with van der Waals surface area (Å²) in [6.07, 6.45) is 0. The lowest BCUT2D eigenvalue weighted by atomic mass is 10.2. The van der Waals surface area contributed by atoms with Crippen LogP contribution in [0.2, 0.25) is 0 Å². The van der Waals surface area contributed by atoms with Gasteiger partial charge in [0, 0.05) is 6.07 Å². The van der Waals surface area contributed by atoms with Crippen LogP contribution in [0.1, 0.15) is 5.56 Å². The zero-order valence-corrected chi connectivity index (χ0v) is 12.1. The highest BCUT2D eigenvalue weighted by Crippen LogP contribution is 2.35. The molecule has 2 N–H and O–H groups in total. The first-order valence-electron chi connectivity index (χ1n) is 5.58. The molecule has 0 atom stereocenters. The van der Waals surface area contributed by atoms with E-state index in [1.807, 2.05) is 0 Å². The normalized spacial score (nSPS) is 10.3. The number of halogens is 2. The molecule has 0 aliphatic heterocycles. The van der Waals surface area contributed by atoms with E-state index in [2.05, 4.69) is 15.9 Å². The van der Waals surface area contributed by atoms with Crippen LogP contribution < -0.4 is 15.2 Å². The fourth-order valence-electron chi connectivity index (χ4n) is 1.57. The number of rotatable bonds is 3. The van der Waals surface area contributed by atoms with Crippen molar-refractivity contribution in [2.45, 2.75) is 6.92 Å². The SMILES string of the molecule is COc1ccc(Oc2cc(C)c(F)cc2N)c(Br)c1. The van der Waals surface area contributed by atoms with Crippen LogP contribution in [-0.4, -0.2) is 7.11 Å². The van der Waals surface area contributed by atoms with Crippen LogP contribution in [0.5, 0.6) is 17.2 Å². The number of hydrogen-bond donors (Lipinski definition) is 1. The van der Waals surface area contributed by atoms with Crippen LogP contribution >= 0.6 is 15.9 Å². The molecule has 0 saturated heterocycles. The smallest absolute Gasteiger partial charge is 0.150 e. The largest absolute Gasteiger partial charge is 0.497 e. The van der Waals surface area contributed by atoms with E-state index in [1.54, 1.807) is 38.3 Å². The van der Waals surface area contributed by atoms with Gasteiger partial charge in [0.2, 0.25) is 0 Å². The molecule has 0 aliphatic carbocycles. The summed E-state index contributed by atoms with van der Waals surface area (Å²) in [5.74, 6) is 1.37. The Labute approximate surface area is 119 Å². The number of aryl methyl sites for hydroxylation is 1. The number of nitrogens with two attached hydrogens (primary N) is 1. The van der Waals surface area contributed by atoms with Gasteiger partial charge in [-0.05, 0) is 52.7 Å². The summed E-state index contributed by atoms with van der Waals surface area (Å²) in [6.45, 7) is 1.66. The van der Waals surface area contributed by atoms with Crippen molar-refractivity contribution < 1.29 is 13.9 Å². The first kappa shape index (κ1) is 13.7. The predicted molar refractivity (Wildman–Crippen MR) is 76.3 cm³/mol. The van der Waals surface area contributed by atoms with E-state index in [4.69, 9.17) is 15.2 Å². The third kappa shape index (κ3) is 2.98. The Bertz CT molecular complexity index is 617. The average molecular weight is 326 g/mol. The summed E-state index contributed by atoms with van der Waals surface area (Å²) in [5, 5.41) is 0. The topological polar surface area (TPSA) is 44.5 Å². The molecule has 0 aliphatic rings. The standard InChI is InChI=1S/C14H13BrFNO2/c1-8-5-14(12(17)7-11(8)16)19-13-4-3-9(18-2)6-10(13)15/h3-7H,17H2,1-2H3. The van der Waals surface area contributed by atoms with Gasteiger partial charge in [0.1, 0.15) is 17.3 Å². The molecule has 100 valence electrons. The molecule has 0 spiro atoms. The molecule has 0 radical (unpaired) electrons. The van der Waals surface area contributed by atoms with E-state index in [0.29, 0.717) is 22.8 Å². The highest BCUT2D eigenvalue weighted by molar-refractivity contribution is 9.10. The van der Waals surface area contributed by atoms with E-state index < -0.39 is 0 Å². The molecule has 5 heteroatoms. The van der Waals surface area contributed by atoms with Crippen molar-refractivity contribution >= 4 is 21.6 Å². The molecule has 0 bridgehead atoms. The van der Waals surface area contributed by atoms with Crippen LogP contribution in [-0.2, 0) is 0 Å². The van der Waals surface area contributed by atoms with E-state index in [0.717, 1.165) is 4.47 Å². The minimum Gasteiger partial charge on any atom is -0.497 e. The third-order valence-electron chi connectivity index (χ3n) is 2.65. The van der Waals surface area contributed by atoms with Gasteiger partial charge in [-0.25, -0.2) is 4.39 Å². The van der Waals surface area contributed by atoms with Gasteiger partial charge in [-0.3, -0.25) is 0 Å². The molecule has 0 fully saturated rings. The van der Waals surface area contributed by atoms with Crippen LogP contribution in [0.3, 0.4) is 0 Å². The summed E-state index contributed by atoms with van der Waals surface area (Å²) < 4.78 is 24.8. The Balaban J connectivity index is 2.33. The fraction of sp³-hybridized carbons (Fsp3) is 0.143. The molecule has 2 aromatic carbocycles. The molecule has 3 nitrogen and oxygen atoms in total. The molecule has 2 rings (SSSR count). The second-order valence-corrected chi connectivity index (χ2v) is 4.89. The van der Waals surface area contributed by atoms with Gasteiger partial charge in [0.05, 0.1) is 17.3 Å². The average Bonchev–Trinajstić information content (AvgIpc) is 2.38. The molecule has 0 amide bonds. The summed E-state index contributed by atoms with van der Waals surface area (Å²) in [5.41, 5.74) is 6.48. The number of hydrogen-bond acceptors (Lipinski definition) is 3. The minimum absolute atomic E-state index is 0.255. The number of methoxy groups -OCH3 is 1. The summed E-state index contributed by atoms with van der Waals surface area (Å²) in [6, 6.07) is 8.12. The molecule has 19 heavy (non-hydrogen) atoms. The number of anilines is 1. The molecule has 0 heterocycles. The maximum absolute atomic E-state index is 13.3. The van der Waals surface area contributed by atoms with E-state index in [1.165, 1.54) is 6.07 Å². The van der Waals surface area contributed by atoms with Gasteiger partial charge in [-0.2, -0.15) is 0 Å². The summed E-state index contributed by atoms with van der Waals surface area (Å²) in [4.78, 5) is 0. The Hall–Kier alpha value is -1.75. The van der Waals surface area contributed by atoms with Crippen LogP contribution in [0.4, 0.5) is 10.1 Å². The van der Waals surface area contributed by atoms with E-state index in [9.17, 15) is 4.39 Å². The Morgan fingerprint density at radius 2 is 1.89 bits per heavy atom. The van der Waals surface area contributed by atoms with Gasteiger partial charge >= 0.3 is 0 Å². The Morgan fingerprint density at radius 1 is 1.16 bits per heavy atom. The monoisotopic (exact) mass is 325 g/mol. The molecule has 2 aromatic rings. The lowest BCUT2D eigenvalue weighted by Crippen LogP contribution is -1.96. The van der Waals surface area contributed by atoms with Crippen molar-refractivity contribution in [3.8, 4) is 17.2 Å². The van der Waals surface area contributed by atoms with Gasteiger partial charge in [0.15, 0.2) is 5.75 Å². The van der Waals surface area contributed by atoms with E-state index in [-0.39, 0.29) is 11.5 Å². The molecular weight excluding hydrogens is 313 g/mol. The Morgan fingerprint density at radius 3 is 2.53 bits per heavy atom. The van der Waals surface area contributed by atoms with Gasteiger partial charge in [-0.15, -0.1) is 0 Å². The zero-order chi connectivity index (χ0) is 14.0. The Kier molecular flexibility index (Phi) is 3.95. The fourth-order valence-corrected chi connectivity index (χ4v) is 2.01. The van der Waals surface area contributed by atoms with Crippen molar-refractivity contribution in [3.05, 3.63) is 46.2 Å². The second kappa shape index (κ2) is 5.48. The molecule has 0 aromatic heterocycles. The minimum atomic E-state index is -0.348. The van der Waals surface area contributed by atoms with Crippen molar-refractivity contribution in [2.24, 2.45) is 0 Å². The van der Waals surface area contributed by atoms with Gasteiger partial charge in [0.25, 0.3) is 0 Å². The van der Waals surface area contributed by atoms with Crippen molar-refractivity contribution in [1.82, 2.24) is 0 Å². The zero-order valence-electron chi connectivity index (χ0n) is 10.5. The van der Waals surface area contributed by atoms with E-state index >= 15 is 0 Å². The summed E-state index contributed by atoms with van der Waals surface area (Å²) >= 11 is 3.38. The van der Waals surface area contributed by atoms with Gasteiger partial charge in [-0.1, -0.05) is 0 Å². The van der Waals surface area contributed by atoms with Crippen LogP contribution in [0.25, 0.3) is 0 Å². The molecule has 0 saturated carbocycles.